The highest BCUT2D eigenvalue weighted by Crippen LogP contribution is 2.18. The molecule has 0 unspecified atom stereocenters. The van der Waals surface area contributed by atoms with Crippen LogP contribution in [0, 0.1) is 0 Å². The summed E-state index contributed by atoms with van der Waals surface area (Å²) < 4.78 is 6.70. The van der Waals surface area contributed by atoms with E-state index in [9.17, 15) is 4.79 Å². The van der Waals surface area contributed by atoms with Crippen LogP contribution in [0.2, 0.25) is 0 Å². The summed E-state index contributed by atoms with van der Waals surface area (Å²) >= 11 is 0. The minimum atomic E-state index is -0.343. The van der Waals surface area contributed by atoms with Crippen LogP contribution in [0.4, 0.5) is 0 Å². The first-order valence-electron chi connectivity index (χ1n) is 5.48. The monoisotopic (exact) mass is 230 g/mol. The Bertz CT molecular complexity index is 517. The van der Waals surface area contributed by atoms with Gasteiger partial charge in [-0.3, -0.25) is 0 Å². The van der Waals surface area contributed by atoms with Crippen molar-refractivity contribution < 1.29 is 9.53 Å². The predicted octanol–water partition coefficient (Wildman–Crippen LogP) is 2.26. The van der Waals surface area contributed by atoms with Gasteiger partial charge in [0.15, 0.2) is 0 Å². The summed E-state index contributed by atoms with van der Waals surface area (Å²) in [5.41, 5.74) is 1.44. The summed E-state index contributed by atoms with van der Waals surface area (Å²) in [6.45, 7) is 2.15. The van der Waals surface area contributed by atoms with Gasteiger partial charge in [-0.05, 0) is 6.92 Å². The third-order valence-electron chi connectivity index (χ3n) is 2.50. The molecule has 2 aromatic rings. The van der Waals surface area contributed by atoms with Crippen molar-refractivity contribution in [3.05, 3.63) is 42.2 Å². The zero-order valence-electron chi connectivity index (χ0n) is 9.88. The Morgan fingerprint density at radius 1 is 1.35 bits per heavy atom. The number of ether oxygens (including phenoxy) is 1. The van der Waals surface area contributed by atoms with E-state index in [2.05, 4.69) is 4.98 Å². The highest BCUT2D eigenvalue weighted by atomic mass is 16.5. The van der Waals surface area contributed by atoms with Gasteiger partial charge in [-0.2, -0.15) is 0 Å². The number of imidazole rings is 1. The maximum atomic E-state index is 11.6. The number of hydrogen-bond donors (Lipinski definition) is 0. The molecule has 0 amide bonds. The van der Waals surface area contributed by atoms with E-state index in [0.717, 1.165) is 11.4 Å². The Labute approximate surface area is 99.9 Å². The first kappa shape index (κ1) is 11.4. The van der Waals surface area contributed by atoms with Crippen LogP contribution in [0.3, 0.4) is 0 Å². The molecule has 0 radical (unpaired) electrons. The van der Waals surface area contributed by atoms with Crippen molar-refractivity contribution in [1.82, 2.24) is 9.55 Å². The van der Waals surface area contributed by atoms with Crippen molar-refractivity contribution in [2.75, 3.05) is 6.61 Å². The summed E-state index contributed by atoms with van der Waals surface area (Å²) in [6.07, 6.45) is 1.54. The van der Waals surface area contributed by atoms with Gasteiger partial charge in [0.25, 0.3) is 0 Å². The van der Waals surface area contributed by atoms with Crippen molar-refractivity contribution in [3.63, 3.8) is 0 Å². The summed E-state index contributed by atoms with van der Waals surface area (Å²) in [7, 11) is 1.81. The van der Waals surface area contributed by atoms with Crippen LogP contribution >= 0.6 is 0 Å². The van der Waals surface area contributed by atoms with Crippen molar-refractivity contribution in [2.24, 2.45) is 7.05 Å². The Hall–Kier alpha value is -2.10. The lowest BCUT2D eigenvalue weighted by Gasteiger charge is -2.05. The van der Waals surface area contributed by atoms with E-state index in [1.54, 1.807) is 17.7 Å². The van der Waals surface area contributed by atoms with Crippen LogP contribution in [0.25, 0.3) is 11.4 Å². The fraction of sp³-hybridized carbons (Fsp3) is 0.231. The second kappa shape index (κ2) is 4.82. The Balaban J connectivity index is 2.37. The molecule has 0 spiro atoms. The zero-order chi connectivity index (χ0) is 12.3. The number of carbonyl (C=O) groups is 1. The quantitative estimate of drug-likeness (QED) is 0.760. The second-order valence-corrected chi connectivity index (χ2v) is 3.61. The van der Waals surface area contributed by atoms with Gasteiger partial charge in [-0.25, -0.2) is 9.78 Å². The molecule has 1 aromatic carbocycles. The van der Waals surface area contributed by atoms with Gasteiger partial charge in [0.2, 0.25) is 0 Å². The molecular formula is C13H14N2O2. The second-order valence-electron chi connectivity index (χ2n) is 3.61. The largest absolute Gasteiger partial charge is 0.461 e. The number of aromatic nitrogens is 2. The normalized spacial score (nSPS) is 10.2. The van der Waals surface area contributed by atoms with Gasteiger partial charge in [0.1, 0.15) is 11.5 Å². The van der Waals surface area contributed by atoms with Crippen molar-refractivity contribution in [2.45, 2.75) is 6.92 Å². The lowest BCUT2D eigenvalue weighted by atomic mass is 10.2. The molecule has 1 aromatic heterocycles. The van der Waals surface area contributed by atoms with Crippen molar-refractivity contribution in [1.29, 1.82) is 0 Å². The van der Waals surface area contributed by atoms with Gasteiger partial charge in [-0.1, -0.05) is 30.3 Å². The lowest BCUT2D eigenvalue weighted by Crippen LogP contribution is -2.10. The molecule has 1 heterocycles. The molecule has 4 heteroatoms. The van der Waals surface area contributed by atoms with Crippen LogP contribution in [0.5, 0.6) is 0 Å². The minimum absolute atomic E-state index is 0.343. The zero-order valence-corrected chi connectivity index (χ0v) is 9.88. The minimum Gasteiger partial charge on any atom is -0.461 e. The van der Waals surface area contributed by atoms with Crippen LogP contribution in [0.15, 0.2) is 36.5 Å². The fourth-order valence-corrected chi connectivity index (χ4v) is 1.66. The average Bonchev–Trinajstić information content (AvgIpc) is 2.72. The Morgan fingerprint density at radius 2 is 2.06 bits per heavy atom. The summed E-state index contributed by atoms with van der Waals surface area (Å²) in [5, 5.41) is 0. The molecule has 0 N–H and O–H groups in total. The smallest absolute Gasteiger partial charge is 0.356 e. The first-order chi connectivity index (χ1) is 8.24. The SMILES string of the molecule is CCOC(=O)c1cnc(-c2ccccc2)n1C. The lowest BCUT2D eigenvalue weighted by molar-refractivity contribution is 0.0515. The fourth-order valence-electron chi connectivity index (χ4n) is 1.66. The van der Waals surface area contributed by atoms with Crippen molar-refractivity contribution >= 4 is 5.97 Å². The number of nitrogens with zero attached hydrogens (tertiary/aromatic N) is 2. The van der Waals surface area contributed by atoms with Gasteiger partial charge >= 0.3 is 5.97 Å². The molecule has 0 aliphatic carbocycles. The van der Waals surface area contributed by atoms with E-state index in [4.69, 9.17) is 4.74 Å². The van der Waals surface area contributed by atoms with Crippen LogP contribution in [-0.2, 0) is 11.8 Å². The first-order valence-corrected chi connectivity index (χ1v) is 5.48. The molecule has 0 aliphatic heterocycles. The van der Waals surface area contributed by atoms with Gasteiger partial charge < -0.3 is 9.30 Å². The van der Waals surface area contributed by atoms with Crippen molar-refractivity contribution in [3.8, 4) is 11.4 Å². The topological polar surface area (TPSA) is 44.1 Å². The van der Waals surface area contributed by atoms with Gasteiger partial charge in [-0.15, -0.1) is 0 Å². The summed E-state index contributed by atoms with van der Waals surface area (Å²) in [5.74, 6) is 0.415. The van der Waals surface area contributed by atoms with E-state index in [1.165, 1.54) is 0 Å². The molecule has 0 saturated carbocycles. The molecule has 17 heavy (non-hydrogen) atoms. The third kappa shape index (κ3) is 2.20. The highest BCUT2D eigenvalue weighted by molar-refractivity contribution is 5.88. The van der Waals surface area contributed by atoms with E-state index >= 15 is 0 Å². The van der Waals surface area contributed by atoms with Gasteiger partial charge in [0, 0.05) is 12.6 Å². The number of carbonyl (C=O) groups excluding carboxylic acids is 1. The van der Waals surface area contributed by atoms with E-state index in [0.29, 0.717) is 12.3 Å². The van der Waals surface area contributed by atoms with E-state index < -0.39 is 0 Å². The average molecular weight is 230 g/mol. The molecule has 2 rings (SSSR count). The Morgan fingerprint density at radius 3 is 2.71 bits per heavy atom. The van der Waals surface area contributed by atoms with Crippen LogP contribution in [0.1, 0.15) is 17.4 Å². The Kier molecular flexibility index (Phi) is 3.23. The molecule has 0 fully saturated rings. The molecule has 4 nitrogen and oxygen atoms in total. The summed E-state index contributed by atoms with van der Waals surface area (Å²) in [6, 6.07) is 9.73. The maximum Gasteiger partial charge on any atom is 0.356 e. The third-order valence-corrected chi connectivity index (χ3v) is 2.50. The maximum absolute atomic E-state index is 11.6. The standard InChI is InChI=1S/C13H14N2O2/c1-3-17-13(16)11-9-14-12(15(11)2)10-7-5-4-6-8-10/h4-9H,3H2,1-2H3. The number of esters is 1. The number of hydrogen-bond acceptors (Lipinski definition) is 3. The molecule has 0 bridgehead atoms. The number of rotatable bonds is 3. The molecule has 88 valence electrons. The van der Waals surface area contributed by atoms with E-state index in [1.807, 2.05) is 37.4 Å². The van der Waals surface area contributed by atoms with E-state index in [-0.39, 0.29) is 5.97 Å². The summed E-state index contributed by atoms with van der Waals surface area (Å²) in [4.78, 5) is 15.9. The molecule has 0 atom stereocenters. The van der Waals surface area contributed by atoms with Crippen LogP contribution < -0.4 is 0 Å². The highest BCUT2D eigenvalue weighted by Gasteiger charge is 2.15. The molecular weight excluding hydrogens is 216 g/mol. The predicted molar refractivity (Wildman–Crippen MR) is 64.6 cm³/mol. The van der Waals surface area contributed by atoms with Gasteiger partial charge in [0.05, 0.1) is 12.8 Å². The molecule has 0 aliphatic rings. The number of benzene rings is 1. The molecule has 0 saturated heterocycles. The van der Waals surface area contributed by atoms with Crippen LogP contribution in [-0.4, -0.2) is 22.1 Å².